The first kappa shape index (κ1) is 22.1. The van der Waals surface area contributed by atoms with Gasteiger partial charge < -0.3 is 14.6 Å². The molecule has 158 valence electrons. The molecule has 3 nitrogen and oxygen atoms in total. The van der Waals surface area contributed by atoms with Crippen LogP contribution in [0.3, 0.4) is 0 Å². The maximum absolute atomic E-state index is 9.49. The van der Waals surface area contributed by atoms with E-state index in [9.17, 15) is 5.11 Å². The fourth-order valence-electron chi connectivity index (χ4n) is 2.87. The van der Waals surface area contributed by atoms with E-state index >= 15 is 0 Å². The van der Waals surface area contributed by atoms with Gasteiger partial charge in [-0.05, 0) is 66.5 Å². The van der Waals surface area contributed by atoms with Gasteiger partial charge in [-0.2, -0.15) is 0 Å². The number of hydrogen-bond acceptors (Lipinski definition) is 3. The second-order valence-electron chi connectivity index (χ2n) is 7.30. The molecule has 1 N–H and O–H groups in total. The van der Waals surface area contributed by atoms with E-state index in [0.29, 0.717) is 0 Å². The molecule has 3 rings (SSSR count). The summed E-state index contributed by atoms with van der Waals surface area (Å²) < 4.78 is 10.8. The van der Waals surface area contributed by atoms with Crippen LogP contribution in [-0.2, 0) is 4.74 Å². The molecule has 0 heterocycles. The van der Waals surface area contributed by atoms with Crippen LogP contribution >= 0.6 is 0 Å². The van der Waals surface area contributed by atoms with Gasteiger partial charge in [0.15, 0.2) is 6.29 Å². The van der Waals surface area contributed by atoms with Crippen molar-refractivity contribution in [2.75, 3.05) is 7.11 Å². The van der Waals surface area contributed by atoms with E-state index in [1.807, 2.05) is 49.4 Å². The summed E-state index contributed by atoms with van der Waals surface area (Å²) in [6.07, 6.45) is 10.1. The number of phenols is 1. The second-order valence-corrected chi connectivity index (χ2v) is 7.30. The normalized spacial score (nSPS) is 13.1. The molecule has 3 aromatic rings. The summed E-state index contributed by atoms with van der Waals surface area (Å²) in [7, 11) is 1.62. The van der Waals surface area contributed by atoms with Crippen molar-refractivity contribution in [2.24, 2.45) is 0 Å². The molecule has 0 aliphatic rings. The number of aryl methyl sites for hydroxylation is 1. The molecular weight excluding hydrogens is 384 g/mol. The molecule has 0 aliphatic heterocycles. The van der Waals surface area contributed by atoms with Crippen molar-refractivity contribution in [1.29, 1.82) is 0 Å². The zero-order chi connectivity index (χ0) is 22.1. The maximum atomic E-state index is 9.49. The Kier molecular flexibility index (Phi) is 7.85. The average Bonchev–Trinajstić information content (AvgIpc) is 2.79. The largest absolute Gasteiger partial charge is 0.508 e. The number of phenolic OH excluding ortho intramolecular Hbond substituents is 1. The summed E-state index contributed by atoms with van der Waals surface area (Å²) >= 11 is 0. The predicted octanol–water partition coefficient (Wildman–Crippen LogP) is 6.88. The third-order valence-corrected chi connectivity index (χ3v) is 4.75. The second kappa shape index (κ2) is 11.0. The lowest BCUT2D eigenvalue weighted by Crippen LogP contribution is -2.13. The average molecular weight is 413 g/mol. The van der Waals surface area contributed by atoms with Crippen LogP contribution in [0.5, 0.6) is 11.5 Å². The van der Waals surface area contributed by atoms with Gasteiger partial charge in [0.25, 0.3) is 0 Å². The van der Waals surface area contributed by atoms with Crippen LogP contribution in [0.15, 0.2) is 90.5 Å². The zero-order valence-corrected chi connectivity index (χ0v) is 18.2. The molecule has 3 heteroatoms. The lowest BCUT2D eigenvalue weighted by Gasteiger charge is -2.12. The van der Waals surface area contributed by atoms with Gasteiger partial charge in [0.1, 0.15) is 11.5 Å². The molecule has 0 aliphatic carbocycles. The van der Waals surface area contributed by atoms with E-state index in [-0.39, 0.29) is 12.0 Å². The summed E-state index contributed by atoms with van der Waals surface area (Å²) in [6.45, 7) is 3.94. The molecule has 3 aromatic carbocycles. The maximum Gasteiger partial charge on any atom is 0.196 e. The zero-order valence-electron chi connectivity index (χ0n) is 18.2. The van der Waals surface area contributed by atoms with Crippen LogP contribution in [-0.4, -0.2) is 18.5 Å². The molecule has 1 unspecified atom stereocenters. The minimum Gasteiger partial charge on any atom is -0.508 e. The Balaban J connectivity index is 1.84. The number of aromatic hydroxyl groups is 1. The lowest BCUT2D eigenvalue weighted by atomic mass is 10.1. The van der Waals surface area contributed by atoms with Crippen molar-refractivity contribution in [3.63, 3.8) is 0 Å². The van der Waals surface area contributed by atoms with Crippen molar-refractivity contribution in [2.45, 2.75) is 20.1 Å². The van der Waals surface area contributed by atoms with Crippen molar-refractivity contribution >= 4 is 18.2 Å². The third kappa shape index (κ3) is 7.32. The predicted molar refractivity (Wildman–Crippen MR) is 129 cm³/mol. The molecule has 0 amide bonds. The molecule has 0 fully saturated rings. The van der Waals surface area contributed by atoms with Crippen molar-refractivity contribution in [1.82, 2.24) is 0 Å². The quantitative estimate of drug-likeness (QED) is 0.324. The molecular formula is C28H28O3. The van der Waals surface area contributed by atoms with E-state index in [2.05, 4.69) is 55.5 Å². The summed E-state index contributed by atoms with van der Waals surface area (Å²) in [5, 5.41) is 9.49. The minimum atomic E-state index is -0.289. The van der Waals surface area contributed by atoms with Crippen molar-refractivity contribution in [3.8, 4) is 11.5 Å². The van der Waals surface area contributed by atoms with Gasteiger partial charge in [-0.25, -0.2) is 0 Å². The molecule has 31 heavy (non-hydrogen) atoms. The van der Waals surface area contributed by atoms with Gasteiger partial charge >= 0.3 is 0 Å². The van der Waals surface area contributed by atoms with Gasteiger partial charge in [-0.15, -0.1) is 0 Å². The Morgan fingerprint density at radius 3 is 1.84 bits per heavy atom. The van der Waals surface area contributed by atoms with Gasteiger partial charge in [0.2, 0.25) is 0 Å². The smallest absolute Gasteiger partial charge is 0.196 e. The number of allylic oxidation sites excluding steroid dienone is 3. The van der Waals surface area contributed by atoms with Crippen LogP contribution in [0.4, 0.5) is 0 Å². The number of ether oxygens (including phenoxy) is 2. The Labute approximate surface area is 184 Å². The Morgan fingerprint density at radius 1 is 0.774 bits per heavy atom. The van der Waals surface area contributed by atoms with Crippen LogP contribution in [0.2, 0.25) is 0 Å². The summed E-state index contributed by atoms with van der Waals surface area (Å²) in [5.74, 6) is 1.03. The van der Waals surface area contributed by atoms with Crippen LogP contribution in [0.25, 0.3) is 18.2 Å². The molecule has 0 spiro atoms. The van der Waals surface area contributed by atoms with Crippen molar-refractivity contribution in [3.05, 3.63) is 113 Å². The fourth-order valence-corrected chi connectivity index (χ4v) is 2.87. The summed E-state index contributed by atoms with van der Waals surface area (Å²) in [4.78, 5) is 0. The highest BCUT2D eigenvalue weighted by Crippen LogP contribution is 2.19. The Hall–Kier alpha value is -3.56. The highest BCUT2D eigenvalue weighted by Gasteiger charge is 2.01. The topological polar surface area (TPSA) is 38.7 Å². The van der Waals surface area contributed by atoms with Crippen LogP contribution in [0, 0.1) is 6.92 Å². The van der Waals surface area contributed by atoms with E-state index in [1.165, 1.54) is 5.56 Å². The summed E-state index contributed by atoms with van der Waals surface area (Å²) in [5.41, 5.74) is 5.52. The van der Waals surface area contributed by atoms with E-state index < -0.39 is 0 Å². The first-order valence-corrected chi connectivity index (χ1v) is 10.2. The third-order valence-electron chi connectivity index (χ3n) is 4.75. The first-order valence-electron chi connectivity index (χ1n) is 10.2. The lowest BCUT2D eigenvalue weighted by molar-refractivity contribution is -0.0382. The van der Waals surface area contributed by atoms with Gasteiger partial charge in [-0.1, -0.05) is 78.4 Å². The molecule has 0 bridgehead atoms. The molecule has 0 saturated carbocycles. The summed E-state index contributed by atoms with van der Waals surface area (Å²) in [6, 6.07) is 23.5. The molecule has 1 atom stereocenters. The highest BCUT2D eigenvalue weighted by atomic mass is 16.7. The minimum absolute atomic E-state index is 0.261. The standard InChI is InChI=1S/C28H28O3/c1-21-4-6-23(7-5-21)8-10-25(11-9-24-12-16-27(29)17-13-24)20-26-14-18-28(19-15-26)31-22(2)30-3/h4-20,22,29H,1-3H3. The Morgan fingerprint density at radius 2 is 1.29 bits per heavy atom. The van der Waals surface area contributed by atoms with E-state index in [4.69, 9.17) is 9.47 Å². The number of methoxy groups -OCH3 is 1. The van der Waals surface area contributed by atoms with Gasteiger partial charge in [0, 0.05) is 7.11 Å². The highest BCUT2D eigenvalue weighted by molar-refractivity contribution is 5.68. The van der Waals surface area contributed by atoms with E-state index in [0.717, 1.165) is 28.0 Å². The van der Waals surface area contributed by atoms with Crippen LogP contribution < -0.4 is 4.74 Å². The monoisotopic (exact) mass is 412 g/mol. The number of rotatable bonds is 8. The van der Waals surface area contributed by atoms with Gasteiger partial charge in [0.05, 0.1) is 0 Å². The SMILES string of the molecule is COC(C)Oc1ccc(C=C(C=Cc2ccc(C)cc2)C=Cc2ccc(O)cc2)cc1. The molecule has 0 saturated heterocycles. The van der Waals surface area contributed by atoms with Crippen LogP contribution in [0.1, 0.15) is 29.2 Å². The molecule has 0 aromatic heterocycles. The van der Waals surface area contributed by atoms with Gasteiger partial charge in [-0.3, -0.25) is 0 Å². The van der Waals surface area contributed by atoms with E-state index in [1.54, 1.807) is 19.2 Å². The van der Waals surface area contributed by atoms with Crippen molar-refractivity contribution < 1.29 is 14.6 Å². The molecule has 0 radical (unpaired) electrons. The first-order chi connectivity index (χ1) is 15.0. The number of benzene rings is 3. The number of hydrogen-bond donors (Lipinski definition) is 1. The Bertz CT molecular complexity index is 983. The fraction of sp³-hybridized carbons (Fsp3) is 0.143.